The quantitative estimate of drug-likeness (QED) is 0.392. The van der Waals surface area contributed by atoms with Crippen LogP contribution in [0.3, 0.4) is 0 Å². The summed E-state index contributed by atoms with van der Waals surface area (Å²) in [5.74, 6) is -0.217. The Morgan fingerprint density at radius 1 is 0.808 bits per heavy atom. The van der Waals surface area contributed by atoms with Gasteiger partial charge in [-0.25, -0.2) is 9.37 Å². The molecule has 6 heteroatoms. The van der Waals surface area contributed by atoms with Crippen molar-refractivity contribution >= 4 is 11.1 Å². The molecule has 0 saturated carbocycles. The van der Waals surface area contributed by atoms with E-state index in [0.29, 0.717) is 22.2 Å². The zero-order valence-corrected chi connectivity index (χ0v) is 13.2. The summed E-state index contributed by atoms with van der Waals surface area (Å²) < 4.78 is 58.7. The van der Waals surface area contributed by atoms with Crippen molar-refractivity contribution < 1.29 is 22.0 Å². The summed E-state index contributed by atoms with van der Waals surface area (Å²) in [5.41, 5.74) is 0.983. The molecule has 1 aromatic heterocycles. The van der Waals surface area contributed by atoms with Crippen LogP contribution in [0.5, 0.6) is 0 Å². The van der Waals surface area contributed by atoms with Gasteiger partial charge in [-0.15, -0.1) is 0 Å². The Labute approximate surface area is 145 Å². The lowest BCUT2D eigenvalue weighted by molar-refractivity contribution is -0.137. The minimum absolute atomic E-state index is 0.0607. The number of fused-ring (bicyclic) bond motifs is 1. The predicted molar refractivity (Wildman–Crippen MR) is 89.8 cm³/mol. The van der Waals surface area contributed by atoms with Crippen LogP contribution >= 0.6 is 0 Å². The Morgan fingerprint density at radius 2 is 1.62 bits per heavy atom. The molecule has 0 bridgehead atoms. The number of benzene rings is 3. The number of nitrogens with zero attached hydrogens (tertiary/aromatic N) is 1. The van der Waals surface area contributed by atoms with Gasteiger partial charge in [-0.1, -0.05) is 30.3 Å². The third-order valence-corrected chi connectivity index (χ3v) is 4.00. The molecule has 0 amide bonds. The highest BCUT2D eigenvalue weighted by molar-refractivity contribution is 5.83. The predicted octanol–water partition coefficient (Wildman–Crippen LogP) is 6.32. The van der Waals surface area contributed by atoms with Gasteiger partial charge in [-0.2, -0.15) is 13.2 Å². The second-order valence-electron chi connectivity index (χ2n) is 5.76. The second-order valence-corrected chi connectivity index (χ2v) is 5.76. The molecule has 4 aromatic rings. The van der Waals surface area contributed by atoms with Crippen LogP contribution in [0.15, 0.2) is 71.1 Å². The fourth-order valence-corrected chi connectivity index (χ4v) is 2.82. The summed E-state index contributed by atoms with van der Waals surface area (Å²) in [7, 11) is 0. The van der Waals surface area contributed by atoms with Gasteiger partial charge in [0.05, 0.1) is 5.56 Å². The molecule has 0 fully saturated rings. The number of hydrogen-bond donors (Lipinski definition) is 0. The Hall–Kier alpha value is -3.15. The molecule has 1 heterocycles. The first kappa shape index (κ1) is 16.3. The van der Waals surface area contributed by atoms with Gasteiger partial charge >= 0.3 is 6.18 Å². The van der Waals surface area contributed by atoms with E-state index in [4.69, 9.17) is 4.42 Å². The molecule has 0 radical (unpaired) electrons. The van der Waals surface area contributed by atoms with Gasteiger partial charge in [-0.05, 0) is 47.5 Å². The summed E-state index contributed by atoms with van der Waals surface area (Å²) in [4.78, 5) is 4.27. The number of hydrogen-bond acceptors (Lipinski definition) is 2. The van der Waals surface area contributed by atoms with Crippen molar-refractivity contribution in [3.05, 3.63) is 78.1 Å². The van der Waals surface area contributed by atoms with Crippen LogP contribution in [0, 0.1) is 5.82 Å². The van der Waals surface area contributed by atoms with Crippen molar-refractivity contribution in [2.45, 2.75) is 6.18 Å². The molecule has 0 N–H and O–H groups in total. The maximum absolute atomic E-state index is 13.4. The first-order valence-electron chi connectivity index (χ1n) is 7.75. The average Bonchev–Trinajstić information content (AvgIpc) is 3.04. The summed E-state index contributed by atoms with van der Waals surface area (Å²) in [6.07, 6.45) is -4.46. The maximum Gasteiger partial charge on any atom is 0.417 e. The molecule has 0 saturated heterocycles. The molecule has 26 heavy (non-hydrogen) atoms. The molecule has 2 nitrogen and oxygen atoms in total. The third-order valence-electron chi connectivity index (χ3n) is 4.00. The Balaban J connectivity index is 1.83. The average molecular weight is 357 g/mol. The van der Waals surface area contributed by atoms with Crippen LogP contribution in [-0.4, -0.2) is 4.98 Å². The highest BCUT2D eigenvalue weighted by Gasteiger charge is 2.33. The normalized spacial score (nSPS) is 11.8. The lowest BCUT2D eigenvalue weighted by atomic mass is 9.99. The van der Waals surface area contributed by atoms with Gasteiger partial charge < -0.3 is 4.42 Å². The van der Waals surface area contributed by atoms with Crippen LogP contribution in [0.4, 0.5) is 17.6 Å². The molecule has 0 atom stereocenters. The monoisotopic (exact) mass is 357 g/mol. The molecule has 4 rings (SSSR count). The lowest BCUT2D eigenvalue weighted by Gasteiger charge is -2.12. The molecule has 0 aliphatic heterocycles. The summed E-state index contributed by atoms with van der Waals surface area (Å²) in [5, 5.41) is 0. The largest absolute Gasteiger partial charge is 0.436 e. The van der Waals surface area contributed by atoms with Crippen molar-refractivity contribution in [1.29, 1.82) is 0 Å². The third kappa shape index (κ3) is 2.94. The highest BCUT2D eigenvalue weighted by atomic mass is 19.4. The molecular weight excluding hydrogens is 346 g/mol. The summed E-state index contributed by atoms with van der Waals surface area (Å²) >= 11 is 0. The van der Waals surface area contributed by atoms with Crippen molar-refractivity contribution in [3.63, 3.8) is 0 Å². The smallest absolute Gasteiger partial charge is 0.417 e. The standard InChI is InChI=1S/C20H11F4NO/c21-14-5-3-4-13(10-14)19-25-17-9-8-12(11-18(17)26-19)15-6-1-2-7-16(15)20(22,23)24/h1-11H. The van der Waals surface area contributed by atoms with Crippen molar-refractivity contribution in [2.24, 2.45) is 0 Å². The number of alkyl halides is 3. The molecule has 0 unspecified atom stereocenters. The van der Waals surface area contributed by atoms with Crippen LogP contribution in [-0.2, 0) is 6.18 Å². The van der Waals surface area contributed by atoms with Gasteiger partial charge in [0.2, 0.25) is 5.89 Å². The van der Waals surface area contributed by atoms with E-state index in [2.05, 4.69) is 4.98 Å². The summed E-state index contributed by atoms with van der Waals surface area (Å²) in [6, 6.07) is 15.8. The molecule has 3 aromatic carbocycles. The van der Waals surface area contributed by atoms with E-state index in [1.807, 2.05) is 0 Å². The van der Waals surface area contributed by atoms with E-state index in [1.165, 1.54) is 36.4 Å². The SMILES string of the molecule is Fc1cccc(-c2nc3ccc(-c4ccccc4C(F)(F)F)cc3o2)c1. The highest BCUT2D eigenvalue weighted by Crippen LogP contribution is 2.38. The van der Waals surface area contributed by atoms with Crippen molar-refractivity contribution in [3.8, 4) is 22.6 Å². The minimum atomic E-state index is -4.46. The Kier molecular flexibility index (Phi) is 3.76. The van der Waals surface area contributed by atoms with Crippen molar-refractivity contribution in [1.82, 2.24) is 4.98 Å². The minimum Gasteiger partial charge on any atom is -0.436 e. The molecule has 0 aliphatic rings. The molecule has 0 aliphatic carbocycles. The van der Waals surface area contributed by atoms with E-state index in [9.17, 15) is 17.6 Å². The molecular formula is C20H11F4NO. The zero-order chi connectivity index (χ0) is 18.3. The first-order valence-corrected chi connectivity index (χ1v) is 7.75. The van der Waals surface area contributed by atoms with E-state index in [1.54, 1.807) is 24.3 Å². The fraction of sp³-hybridized carbons (Fsp3) is 0.0500. The van der Waals surface area contributed by atoms with E-state index in [0.717, 1.165) is 6.07 Å². The van der Waals surface area contributed by atoms with Gasteiger partial charge in [-0.3, -0.25) is 0 Å². The Morgan fingerprint density at radius 3 is 2.38 bits per heavy atom. The van der Waals surface area contributed by atoms with E-state index < -0.39 is 17.6 Å². The Bertz CT molecular complexity index is 1100. The van der Waals surface area contributed by atoms with Crippen LogP contribution in [0.1, 0.15) is 5.56 Å². The van der Waals surface area contributed by atoms with E-state index in [-0.39, 0.29) is 11.5 Å². The number of oxazole rings is 1. The molecule has 0 spiro atoms. The zero-order valence-electron chi connectivity index (χ0n) is 13.2. The maximum atomic E-state index is 13.4. The summed E-state index contributed by atoms with van der Waals surface area (Å²) in [6.45, 7) is 0. The van der Waals surface area contributed by atoms with Gasteiger partial charge in [0.1, 0.15) is 11.3 Å². The van der Waals surface area contributed by atoms with Crippen LogP contribution in [0.25, 0.3) is 33.7 Å². The van der Waals surface area contributed by atoms with Crippen LogP contribution < -0.4 is 0 Å². The molecule has 130 valence electrons. The van der Waals surface area contributed by atoms with Gasteiger partial charge in [0.15, 0.2) is 5.58 Å². The van der Waals surface area contributed by atoms with Crippen molar-refractivity contribution in [2.75, 3.05) is 0 Å². The topological polar surface area (TPSA) is 26.0 Å². The number of rotatable bonds is 2. The van der Waals surface area contributed by atoms with Gasteiger partial charge in [0.25, 0.3) is 0 Å². The first-order chi connectivity index (χ1) is 12.4. The van der Waals surface area contributed by atoms with E-state index >= 15 is 0 Å². The number of halogens is 4. The van der Waals surface area contributed by atoms with Gasteiger partial charge in [0, 0.05) is 5.56 Å². The lowest BCUT2D eigenvalue weighted by Crippen LogP contribution is -2.06. The van der Waals surface area contributed by atoms with Crippen LogP contribution in [0.2, 0.25) is 0 Å². The second kappa shape index (κ2) is 5.98. The fourth-order valence-electron chi connectivity index (χ4n) is 2.82. The number of aromatic nitrogens is 1.